The predicted molar refractivity (Wildman–Crippen MR) is 87.7 cm³/mol. The Kier molecular flexibility index (Phi) is 5.49. The Morgan fingerprint density at radius 2 is 1.95 bits per heavy atom. The summed E-state index contributed by atoms with van der Waals surface area (Å²) in [6.45, 7) is 2.12. The highest BCUT2D eigenvalue weighted by Gasteiger charge is 2.05. The molecule has 1 nitrogen and oxygen atoms in total. The molecule has 2 N–H and O–H groups in total. The van der Waals surface area contributed by atoms with E-state index in [0.717, 1.165) is 16.6 Å². The van der Waals surface area contributed by atoms with E-state index < -0.39 is 0 Å². The number of hydrogen-bond acceptors (Lipinski definition) is 2. The van der Waals surface area contributed by atoms with Gasteiger partial charge in [-0.25, -0.2) is 0 Å². The van der Waals surface area contributed by atoms with Crippen molar-refractivity contribution in [3.8, 4) is 0 Å². The maximum absolute atomic E-state index is 6.21. The van der Waals surface area contributed by atoms with Crippen LogP contribution in [-0.2, 0) is 6.42 Å². The first-order valence-electron chi connectivity index (χ1n) is 6.33. The van der Waals surface area contributed by atoms with Crippen LogP contribution in [0.1, 0.15) is 11.1 Å². The summed E-state index contributed by atoms with van der Waals surface area (Å²) in [5, 5.41) is 0. The Morgan fingerprint density at radius 1 is 1.16 bits per heavy atom. The quantitative estimate of drug-likeness (QED) is 0.818. The lowest BCUT2D eigenvalue weighted by Crippen LogP contribution is -2.25. The monoisotopic (exact) mass is 335 g/mol. The molecule has 1 unspecified atom stereocenters. The van der Waals surface area contributed by atoms with E-state index in [1.54, 1.807) is 0 Å². The Bertz CT molecular complexity index is 542. The second-order valence-electron chi connectivity index (χ2n) is 4.72. The van der Waals surface area contributed by atoms with E-state index in [-0.39, 0.29) is 6.04 Å². The smallest absolute Gasteiger partial charge is 0.0186 e. The van der Waals surface area contributed by atoms with Gasteiger partial charge in [-0.2, -0.15) is 0 Å². The number of benzene rings is 2. The molecule has 2 aromatic carbocycles. The first-order chi connectivity index (χ1) is 9.13. The molecule has 0 spiro atoms. The van der Waals surface area contributed by atoms with E-state index in [0.29, 0.717) is 0 Å². The van der Waals surface area contributed by atoms with E-state index in [4.69, 9.17) is 5.73 Å². The zero-order valence-corrected chi connectivity index (χ0v) is 13.4. The van der Waals surface area contributed by atoms with Crippen LogP contribution in [0, 0.1) is 6.92 Å². The van der Waals surface area contributed by atoms with Crippen LogP contribution in [0.15, 0.2) is 57.9 Å². The second kappa shape index (κ2) is 7.13. The van der Waals surface area contributed by atoms with Crippen molar-refractivity contribution in [2.24, 2.45) is 5.73 Å². The fraction of sp³-hybridized carbons (Fsp3) is 0.250. The molecule has 0 aliphatic carbocycles. The fourth-order valence-corrected chi connectivity index (χ4v) is 3.42. The molecule has 1 atom stereocenters. The summed E-state index contributed by atoms with van der Waals surface area (Å²) in [7, 11) is 0. The van der Waals surface area contributed by atoms with Crippen LogP contribution in [0.3, 0.4) is 0 Å². The minimum Gasteiger partial charge on any atom is -0.327 e. The molecule has 0 amide bonds. The van der Waals surface area contributed by atoms with Crippen LogP contribution < -0.4 is 5.73 Å². The third-order valence-electron chi connectivity index (χ3n) is 2.84. The number of hydrogen-bond donors (Lipinski definition) is 1. The molecule has 0 aliphatic heterocycles. The van der Waals surface area contributed by atoms with Crippen molar-refractivity contribution in [3.05, 3.63) is 64.1 Å². The molecule has 2 aromatic rings. The third-order valence-corrected chi connectivity index (χ3v) is 4.52. The van der Waals surface area contributed by atoms with Gasteiger partial charge in [0.1, 0.15) is 0 Å². The molecule has 0 radical (unpaired) electrons. The van der Waals surface area contributed by atoms with Crippen LogP contribution in [-0.4, -0.2) is 11.8 Å². The highest BCUT2D eigenvalue weighted by molar-refractivity contribution is 9.10. The summed E-state index contributed by atoms with van der Waals surface area (Å²) >= 11 is 5.30. The Labute approximate surface area is 127 Å². The molecule has 0 heterocycles. The average Bonchev–Trinajstić information content (AvgIpc) is 2.36. The Hall–Kier alpha value is -0.770. The number of aryl methyl sites for hydroxylation is 1. The first-order valence-corrected chi connectivity index (χ1v) is 8.11. The second-order valence-corrected chi connectivity index (χ2v) is 6.73. The molecule has 0 saturated heterocycles. The van der Waals surface area contributed by atoms with Gasteiger partial charge >= 0.3 is 0 Å². The summed E-state index contributed by atoms with van der Waals surface area (Å²) in [5.74, 6) is 0.935. The highest BCUT2D eigenvalue weighted by Crippen LogP contribution is 2.22. The summed E-state index contributed by atoms with van der Waals surface area (Å²) in [4.78, 5) is 1.26. The number of rotatable bonds is 5. The standard InChI is InChI=1S/C16H18BrNS/c1-12-4-2-5-13(8-12)9-15(18)11-19-16-7-3-6-14(17)10-16/h2-8,10,15H,9,11,18H2,1H3. The van der Waals surface area contributed by atoms with Gasteiger partial charge in [0.15, 0.2) is 0 Å². The maximum atomic E-state index is 6.21. The van der Waals surface area contributed by atoms with Gasteiger partial charge in [-0.05, 0) is 37.1 Å². The van der Waals surface area contributed by atoms with E-state index in [1.807, 2.05) is 17.8 Å². The SMILES string of the molecule is Cc1cccc(CC(N)CSc2cccc(Br)c2)c1. The number of thioether (sulfide) groups is 1. The predicted octanol–water partition coefficient (Wildman–Crippen LogP) is 4.42. The van der Waals surface area contributed by atoms with Gasteiger partial charge in [-0.1, -0.05) is 51.8 Å². The molecule has 2 rings (SSSR count). The Morgan fingerprint density at radius 3 is 2.68 bits per heavy atom. The molecular formula is C16H18BrNS. The van der Waals surface area contributed by atoms with Crippen molar-refractivity contribution in [1.82, 2.24) is 0 Å². The zero-order chi connectivity index (χ0) is 13.7. The van der Waals surface area contributed by atoms with Crippen molar-refractivity contribution in [1.29, 1.82) is 0 Å². The molecule has 19 heavy (non-hydrogen) atoms. The molecule has 0 aromatic heterocycles. The van der Waals surface area contributed by atoms with Crippen LogP contribution >= 0.6 is 27.7 Å². The fourth-order valence-electron chi connectivity index (χ4n) is 1.96. The highest BCUT2D eigenvalue weighted by atomic mass is 79.9. The molecular weight excluding hydrogens is 318 g/mol. The summed E-state index contributed by atoms with van der Waals surface area (Å²) in [6.07, 6.45) is 0.933. The first kappa shape index (κ1) is 14.6. The third kappa shape index (κ3) is 5.01. The normalized spacial score (nSPS) is 12.4. The molecule has 100 valence electrons. The van der Waals surface area contributed by atoms with Crippen LogP contribution in [0.4, 0.5) is 0 Å². The van der Waals surface area contributed by atoms with Gasteiger partial charge in [-0.15, -0.1) is 11.8 Å². The lowest BCUT2D eigenvalue weighted by molar-refractivity contribution is 0.748. The van der Waals surface area contributed by atoms with Crippen LogP contribution in [0.2, 0.25) is 0 Å². The van der Waals surface area contributed by atoms with E-state index in [1.165, 1.54) is 16.0 Å². The van der Waals surface area contributed by atoms with Gasteiger partial charge in [-0.3, -0.25) is 0 Å². The molecule has 0 fully saturated rings. The zero-order valence-electron chi connectivity index (χ0n) is 11.0. The number of nitrogens with two attached hydrogens (primary N) is 1. The summed E-state index contributed by atoms with van der Waals surface area (Å²) in [5.41, 5.74) is 8.83. The molecule has 3 heteroatoms. The topological polar surface area (TPSA) is 26.0 Å². The van der Waals surface area contributed by atoms with Gasteiger partial charge in [0.05, 0.1) is 0 Å². The van der Waals surface area contributed by atoms with Crippen molar-refractivity contribution in [2.75, 3.05) is 5.75 Å². The van der Waals surface area contributed by atoms with Crippen molar-refractivity contribution < 1.29 is 0 Å². The van der Waals surface area contributed by atoms with Gasteiger partial charge in [0.2, 0.25) is 0 Å². The van der Waals surface area contributed by atoms with Crippen molar-refractivity contribution in [2.45, 2.75) is 24.3 Å². The van der Waals surface area contributed by atoms with E-state index >= 15 is 0 Å². The Balaban J connectivity index is 1.86. The van der Waals surface area contributed by atoms with Gasteiger partial charge in [0, 0.05) is 21.2 Å². The minimum atomic E-state index is 0.186. The average molecular weight is 336 g/mol. The minimum absolute atomic E-state index is 0.186. The summed E-state index contributed by atoms with van der Waals surface area (Å²) in [6, 6.07) is 17.1. The van der Waals surface area contributed by atoms with E-state index in [2.05, 4.69) is 65.3 Å². The van der Waals surface area contributed by atoms with Crippen molar-refractivity contribution in [3.63, 3.8) is 0 Å². The lowest BCUT2D eigenvalue weighted by Gasteiger charge is -2.12. The maximum Gasteiger partial charge on any atom is 0.0186 e. The van der Waals surface area contributed by atoms with Crippen molar-refractivity contribution >= 4 is 27.7 Å². The van der Waals surface area contributed by atoms with Gasteiger partial charge in [0.25, 0.3) is 0 Å². The molecule has 0 aliphatic rings. The van der Waals surface area contributed by atoms with Crippen LogP contribution in [0.5, 0.6) is 0 Å². The molecule has 0 saturated carbocycles. The summed E-state index contributed by atoms with van der Waals surface area (Å²) < 4.78 is 1.12. The lowest BCUT2D eigenvalue weighted by atomic mass is 10.1. The van der Waals surface area contributed by atoms with Crippen LogP contribution in [0.25, 0.3) is 0 Å². The van der Waals surface area contributed by atoms with Gasteiger partial charge < -0.3 is 5.73 Å². The van der Waals surface area contributed by atoms with E-state index in [9.17, 15) is 0 Å². The number of halogens is 1. The molecule has 0 bridgehead atoms. The largest absolute Gasteiger partial charge is 0.327 e.